The van der Waals surface area contributed by atoms with E-state index in [-0.39, 0.29) is 18.2 Å². The third-order valence-electron chi connectivity index (χ3n) is 5.53. The Morgan fingerprint density at radius 1 is 0.943 bits per heavy atom. The van der Waals surface area contributed by atoms with Crippen molar-refractivity contribution in [1.82, 2.24) is 10.2 Å². The Morgan fingerprint density at radius 3 is 2.17 bits per heavy atom. The van der Waals surface area contributed by atoms with E-state index in [4.69, 9.17) is 23.2 Å². The number of thioether (sulfide) groups is 1. The van der Waals surface area contributed by atoms with Gasteiger partial charge < -0.3 is 5.32 Å². The highest BCUT2D eigenvalue weighted by atomic mass is 35.5. The summed E-state index contributed by atoms with van der Waals surface area (Å²) in [5.74, 6) is -0.298. The van der Waals surface area contributed by atoms with E-state index in [0.29, 0.717) is 40.4 Å². The van der Waals surface area contributed by atoms with Crippen molar-refractivity contribution in [2.75, 3.05) is 13.1 Å². The van der Waals surface area contributed by atoms with Crippen LogP contribution in [0.4, 0.5) is 5.69 Å². The predicted octanol–water partition coefficient (Wildman–Crippen LogP) is 5.92. The maximum absolute atomic E-state index is 13.2. The van der Waals surface area contributed by atoms with Crippen LogP contribution < -0.4 is 5.32 Å². The van der Waals surface area contributed by atoms with Crippen LogP contribution in [0.25, 0.3) is 0 Å². The lowest BCUT2D eigenvalue weighted by molar-refractivity contribution is -0.130. The lowest BCUT2D eigenvalue weighted by atomic mass is 10.1. The zero-order valence-corrected chi connectivity index (χ0v) is 21.3. The average molecular weight is 526 g/mol. The third-order valence-corrected chi connectivity index (χ3v) is 7.15. The van der Waals surface area contributed by atoms with Gasteiger partial charge >= 0.3 is 0 Å². The molecule has 1 saturated heterocycles. The molecule has 3 aromatic rings. The highest BCUT2D eigenvalue weighted by Gasteiger charge is 2.35. The minimum atomic E-state index is -0.556. The van der Waals surface area contributed by atoms with Gasteiger partial charge in [0, 0.05) is 29.6 Å². The quantitative estimate of drug-likeness (QED) is 0.397. The van der Waals surface area contributed by atoms with Crippen molar-refractivity contribution in [3.63, 3.8) is 0 Å². The zero-order chi connectivity index (χ0) is 24.6. The molecule has 1 aliphatic heterocycles. The van der Waals surface area contributed by atoms with Crippen molar-refractivity contribution in [2.24, 2.45) is 4.99 Å². The molecule has 1 heterocycles. The number of nitrogens with zero attached hydrogens (tertiary/aromatic N) is 2. The molecule has 8 heteroatoms. The molecular formula is C27H25Cl2N3O2S. The van der Waals surface area contributed by atoms with Crippen LogP contribution in [0.2, 0.25) is 10.0 Å². The van der Waals surface area contributed by atoms with E-state index in [2.05, 4.69) is 10.3 Å². The van der Waals surface area contributed by atoms with Crippen molar-refractivity contribution in [3.05, 3.63) is 100 Å². The van der Waals surface area contributed by atoms with Crippen LogP contribution in [0.1, 0.15) is 17.5 Å². The third kappa shape index (κ3) is 7.34. The Bertz CT molecular complexity index is 1190. The second kappa shape index (κ2) is 12.2. The van der Waals surface area contributed by atoms with Gasteiger partial charge in [-0.1, -0.05) is 95.6 Å². The van der Waals surface area contributed by atoms with Gasteiger partial charge in [-0.15, -0.1) is 0 Å². The van der Waals surface area contributed by atoms with Crippen molar-refractivity contribution in [1.29, 1.82) is 0 Å². The molecule has 2 amide bonds. The minimum absolute atomic E-state index is 0.117. The summed E-state index contributed by atoms with van der Waals surface area (Å²) in [5, 5.41) is 3.79. The van der Waals surface area contributed by atoms with Gasteiger partial charge in [-0.05, 0) is 42.2 Å². The van der Waals surface area contributed by atoms with E-state index < -0.39 is 5.25 Å². The largest absolute Gasteiger partial charge is 0.355 e. The Morgan fingerprint density at radius 2 is 1.54 bits per heavy atom. The number of nitrogens with one attached hydrogen (secondary N) is 1. The number of carbonyl (C=O) groups excluding carboxylic acids is 2. The number of aliphatic imine (C=N–C) groups is 1. The van der Waals surface area contributed by atoms with E-state index in [1.54, 1.807) is 23.1 Å². The molecule has 1 aliphatic rings. The molecule has 3 aromatic carbocycles. The smallest absolute Gasteiger partial charge is 0.234 e. The second-order valence-electron chi connectivity index (χ2n) is 8.14. The molecule has 0 saturated carbocycles. The number of hydrogen-bond acceptors (Lipinski definition) is 4. The first-order valence-electron chi connectivity index (χ1n) is 11.4. The van der Waals surface area contributed by atoms with Gasteiger partial charge in [-0.2, -0.15) is 0 Å². The van der Waals surface area contributed by atoms with Crippen LogP contribution in [0.3, 0.4) is 0 Å². The van der Waals surface area contributed by atoms with Crippen molar-refractivity contribution in [3.8, 4) is 0 Å². The first kappa shape index (κ1) is 25.3. The minimum Gasteiger partial charge on any atom is -0.355 e. The summed E-state index contributed by atoms with van der Waals surface area (Å²) in [4.78, 5) is 32.4. The van der Waals surface area contributed by atoms with Gasteiger partial charge in [0.1, 0.15) is 0 Å². The van der Waals surface area contributed by atoms with Crippen molar-refractivity contribution < 1.29 is 9.59 Å². The van der Waals surface area contributed by atoms with Crippen LogP contribution in [0.15, 0.2) is 83.9 Å². The number of amides is 2. The zero-order valence-electron chi connectivity index (χ0n) is 19.0. The number of benzene rings is 3. The molecule has 0 bridgehead atoms. The van der Waals surface area contributed by atoms with Gasteiger partial charge in [-0.25, -0.2) is 4.99 Å². The fourth-order valence-corrected chi connectivity index (χ4v) is 5.41. The van der Waals surface area contributed by atoms with Gasteiger partial charge in [0.25, 0.3) is 0 Å². The molecule has 0 aliphatic carbocycles. The standard InChI is InChI=1S/C27H25Cl2N3O2S/c28-21-15-22(29)17-23(16-21)31-27-32(14-12-20-9-5-2-6-10-20)25(33)18-24(35-27)26(34)30-13-11-19-7-3-1-4-8-19/h1-10,15-17,24H,11-14,18H2,(H,30,34)/t24-/m1/s1. The summed E-state index contributed by atoms with van der Waals surface area (Å²) in [6.45, 7) is 0.966. The number of amidine groups is 1. The lowest BCUT2D eigenvalue weighted by Gasteiger charge is -2.32. The van der Waals surface area contributed by atoms with E-state index in [1.165, 1.54) is 11.8 Å². The van der Waals surface area contributed by atoms with E-state index >= 15 is 0 Å². The molecule has 4 rings (SSSR count). The number of rotatable bonds is 8. The monoisotopic (exact) mass is 525 g/mol. The molecule has 0 unspecified atom stereocenters. The van der Waals surface area contributed by atoms with Crippen LogP contribution in [-0.2, 0) is 22.4 Å². The van der Waals surface area contributed by atoms with E-state index in [0.717, 1.165) is 17.5 Å². The number of halogens is 2. The topological polar surface area (TPSA) is 61.8 Å². The number of hydrogen-bond donors (Lipinski definition) is 1. The molecule has 0 aromatic heterocycles. The molecule has 35 heavy (non-hydrogen) atoms. The lowest BCUT2D eigenvalue weighted by Crippen LogP contribution is -2.47. The van der Waals surface area contributed by atoms with E-state index in [1.807, 2.05) is 60.7 Å². The summed E-state index contributed by atoms with van der Waals surface area (Å²) in [5.41, 5.74) is 2.80. The maximum Gasteiger partial charge on any atom is 0.234 e. The molecule has 1 N–H and O–H groups in total. The Kier molecular flexibility index (Phi) is 8.85. The molecular weight excluding hydrogens is 501 g/mol. The second-order valence-corrected chi connectivity index (χ2v) is 10.2. The molecule has 5 nitrogen and oxygen atoms in total. The Hall–Kier alpha value is -2.80. The summed E-state index contributed by atoms with van der Waals surface area (Å²) < 4.78 is 0. The fraction of sp³-hybridized carbons (Fsp3) is 0.222. The van der Waals surface area contributed by atoms with Gasteiger partial charge in [-0.3, -0.25) is 14.5 Å². The fourth-order valence-electron chi connectivity index (χ4n) is 3.75. The van der Waals surface area contributed by atoms with E-state index in [9.17, 15) is 9.59 Å². The molecule has 0 radical (unpaired) electrons. The molecule has 1 atom stereocenters. The Labute approximate surface area is 219 Å². The average Bonchev–Trinajstić information content (AvgIpc) is 2.84. The van der Waals surface area contributed by atoms with Crippen LogP contribution in [0, 0.1) is 0 Å². The van der Waals surface area contributed by atoms with Crippen molar-refractivity contribution in [2.45, 2.75) is 24.5 Å². The first-order valence-corrected chi connectivity index (χ1v) is 13.0. The number of carbonyl (C=O) groups is 2. The normalized spacial score (nSPS) is 17.0. The summed E-state index contributed by atoms with van der Waals surface area (Å²) in [7, 11) is 0. The Balaban J connectivity index is 1.49. The van der Waals surface area contributed by atoms with Crippen molar-refractivity contribution >= 4 is 57.6 Å². The predicted molar refractivity (Wildman–Crippen MR) is 145 cm³/mol. The molecule has 1 fully saturated rings. The van der Waals surface area contributed by atoms with Crippen LogP contribution in [0.5, 0.6) is 0 Å². The SMILES string of the molecule is O=C(NCCc1ccccc1)[C@H]1CC(=O)N(CCc2ccccc2)C(=Nc2cc(Cl)cc(Cl)c2)S1. The maximum atomic E-state index is 13.2. The highest BCUT2D eigenvalue weighted by molar-refractivity contribution is 8.15. The van der Waals surface area contributed by atoms with Crippen LogP contribution in [-0.4, -0.2) is 40.2 Å². The molecule has 0 spiro atoms. The van der Waals surface area contributed by atoms with Crippen LogP contribution >= 0.6 is 35.0 Å². The summed E-state index contributed by atoms with van der Waals surface area (Å²) >= 11 is 13.6. The molecule has 180 valence electrons. The van der Waals surface area contributed by atoms with Gasteiger partial charge in [0.05, 0.1) is 10.9 Å². The highest BCUT2D eigenvalue weighted by Crippen LogP contribution is 2.31. The first-order chi connectivity index (χ1) is 17.0. The van der Waals surface area contributed by atoms with Gasteiger partial charge in [0.2, 0.25) is 11.8 Å². The van der Waals surface area contributed by atoms with Gasteiger partial charge in [0.15, 0.2) is 5.17 Å². The summed E-state index contributed by atoms with van der Waals surface area (Å²) in [6, 6.07) is 24.9. The summed E-state index contributed by atoms with van der Waals surface area (Å²) in [6.07, 6.45) is 1.52.